The number of nitrogen functional groups attached to an aromatic ring is 2. The highest BCUT2D eigenvalue weighted by atomic mass is 33.1. The second-order valence-corrected chi connectivity index (χ2v) is 44.1. The minimum absolute atomic E-state index is 0.00227. The summed E-state index contributed by atoms with van der Waals surface area (Å²) in [5, 5.41) is 99.2. The van der Waals surface area contributed by atoms with E-state index in [1.165, 1.54) is 71.6 Å². The Morgan fingerprint density at radius 1 is 0.548 bits per heavy atom. The summed E-state index contributed by atoms with van der Waals surface area (Å²) >= 11 is 0. The number of nitrogens with zero attached hydrogens (tertiary/aromatic N) is 5. The standard InChI is InChI=1S/C43H52N7O15P3S2.C28H42N7O13P3S2.C2H3N/c44-38-23(20-50(42(61)49-38)35-19-32(51)33(65-35)22-64-68(66)67)7-5-14-45-34(52)13-16-70-69-15-6-12-29(39(57)46-30(17-36(53)54)40(58)47-31(41(59)60)18-37(55)56)48-43(62)63-21-28-26-10-3-1-8-24(26)25-9-2-4-11-27(25)28;29-15(25(42)32-16(9-22(38)39)26(43)33-17(27(44)45)10-23(40)41)4-2-7-52-53-8-5-20(37)31-6-1-3-14-12-35(28(46)34-24(14)30)21-11-18(36)19(48-21)13-47-51(49)50;1-2-3/h1-4,8-11,20,28-33,35,51H,6,12-19,21-22,66-67H2,(H,45,52)(H,46,57)(H,47,58)(H,48,62)(H,53,54)(H,55,56)(H,59,60)(H2,44,49,61);12,15-19,21,36H,2,4-11,13,29,49-50H2,(H,31,37)(H,32,42)(H,33,43)(H,38,39)(H,40,41)(H,44,45)(H2,30,34,46);1H3. The van der Waals surface area contributed by atoms with Crippen LogP contribution < -0.4 is 65.8 Å². The molecule has 21 N–H and O–H groups in total. The number of carboxylic acid groups (broad SMARTS) is 6. The highest BCUT2D eigenvalue weighted by molar-refractivity contribution is 8.77. The summed E-state index contributed by atoms with van der Waals surface area (Å²) < 4.78 is 30.7. The number of alkyl carbamates (subject to hydrolysis) is 1. The normalized spacial score (nSPS) is 17.3. The molecule has 4 aromatic rings. The number of ether oxygens (including phenoxy) is 3. The lowest BCUT2D eigenvalue weighted by atomic mass is 9.98. The molecule has 0 spiro atoms. The molecule has 2 saturated heterocycles. The van der Waals surface area contributed by atoms with Crippen molar-refractivity contribution in [3.8, 4) is 40.9 Å². The van der Waals surface area contributed by atoms with Crippen molar-refractivity contribution < 1.29 is 126 Å². The van der Waals surface area contributed by atoms with Crippen LogP contribution in [0.4, 0.5) is 16.4 Å². The van der Waals surface area contributed by atoms with E-state index in [2.05, 4.69) is 95.9 Å². The predicted octanol–water partition coefficient (Wildman–Crippen LogP) is 1.75. The number of nitrogens with two attached hydrogens (primary N) is 3. The van der Waals surface area contributed by atoms with Gasteiger partial charge in [-0.3, -0.25) is 57.1 Å². The van der Waals surface area contributed by atoms with Crippen LogP contribution in [0.3, 0.4) is 0 Å². The number of aliphatic hydroxyl groups excluding tert-OH is 2. The van der Waals surface area contributed by atoms with Crippen LogP contribution in [0.2, 0.25) is 0 Å². The van der Waals surface area contributed by atoms with Gasteiger partial charge in [0.05, 0.1) is 102 Å². The first-order valence-corrected chi connectivity index (χ1v) is 51.8. The maximum absolute atomic E-state index is 13.7. The summed E-state index contributed by atoms with van der Waals surface area (Å²) in [6.07, 6.45) is -5.20. The molecule has 2 aromatic heterocycles. The van der Waals surface area contributed by atoms with Gasteiger partial charge in [-0.25, -0.2) is 24.0 Å². The number of aliphatic carboxylic acids is 6. The zero-order chi connectivity index (χ0) is 93.3. The third-order valence-electron chi connectivity index (χ3n) is 17.7. The third-order valence-corrected chi connectivity index (χ3v) is 25.4. The lowest BCUT2D eigenvalue weighted by Crippen LogP contribution is -2.56. The summed E-state index contributed by atoms with van der Waals surface area (Å²) in [7, 11) is 13.9. The van der Waals surface area contributed by atoms with Crippen molar-refractivity contribution in [1.29, 1.82) is 5.26 Å². The fraction of sp³-hybridized carbons (Fsp3) is 0.479. The van der Waals surface area contributed by atoms with E-state index in [4.69, 9.17) is 66.1 Å². The van der Waals surface area contributed by atoms with Gasteiger partial charge in [0.25, 0.3) is 0 Å². The largest absolute Gasteiger partial charge is 0.481 e. The van der Waals surface area contributed by atoms with Crippen LogP contribution in [0.15, 0.2) is 70.5 Å². The van der Waals surface area contributed by atoms with Crippen molar-refractivity contribution in [2.75, 3.05) is 67.4 Å². The molecule has 2 fully saturated rings. The number of benzene rings is 2. The Balaban J connectivity index is 0.000000450. The van der Waals surface area contributed by atoms with Gasteiger partial charge in [0.15, 0.2) is 0 Å². The van der Waals surface area contributed by atoms with Crippen LogP contribution in [0.1, 0.15) is 125 Å². The molecule has 7 rings (SSSR count). The van der Waals surface area contributed by atoms with Crippen molar-refractivity contribution >= 4 is 183 Å². The van der Waals surface area contributed by atoms with Gasteiger partial charge >= 0.3 is 53.3 Å². The average molecular weight is 1950 g/mol. The van der Waals surface area contributed by atoms with Crippen LogP contribution in [0.25, 0.3) is 11.1 Å². The Bertz CT molecular complexity index is 4750. The number of carbonyl (C=O) groups excluding carboxylic acids is 7. The van der Waals surface area contributed by atoms with Crippen molar-refractivity contribution in [3.63, 3.8) is 0 Å². The Morgan fingerprint density at radius 2 is 0.913 bits per heavy atom. The van der Waals surface area contributed by atoms with Crippen molar-refractivity contribution in [3.05, 3.63) is 104 Å². The van der Waals surface area contributed by atoms with Gasteiger partial charge in [0.2, 0.25) is 35.4 Å². The van der Waals surface area contributed by atoms with Crippen LogP contribution in [-0.2, 0) is 80.8 Å². The second-order valence-electron chi connectivity index (χ2n) is 27.0. The van der Waals surface area contributed by atoms with E-state index < -0.39 is 191 Å². The minimum Gasteiger partial charge on any atom is -0.481 e. The smallest absolute Gasteiger partial charge is 0.407 e. The first-order valence-electron chi connectivity index (χ1n) is 37.8. The number of carboxylic acids is 6. The van der Waals surface area contributed by atoms with E-state index in [0.717, 1.165) is 22.3 Å². The molecule has 16 atom stereocenters. The number of aromatic nitrogens is 4. The van der Waals surface area contributed by atoms with E-state index in [9.17, 15) is 92.3 Å². The fourth-order valence-electron chi connectivity index (χ4n) is 11.7. The molecule has 0 saturated carbocycles. The number of hydrogen-bond donors (Lipinski definition) is 18. The summed E-state index contributed by atoms with van der Waals surface area (Å²) in [6, 6.07) is 7.28. The second kappa shape index (κ2) is 56.4. The van der Waals surface area contributed by atoms with Gasteiger partial charge in [-0.15, -0.1) is 0 Å². The molecule has 16 unspecified atom stereocenters. The molecule has 43 nitrogen and oxygen atoms in total. The molecule has 126 heavy (non-hydrogen) atoms. The molecule has 0 radical (unpaired) electrons. The average Bonchev–Trinajstić information content (AvgIpc) is 1.61. The molecule has 2 aliphatic heterocycles. The molecule has 4 heterocycles. The van der Waals surface area contributed by atoms with Crippen LogP contribution in [0, 0.1) is 35.0 Å². The van der Waals surface area contributed by atoms with Crippen LogP contribution >= 0.6 is 93.9 Å². The lowest BCUT2D eigenvalue weighted by Gasteiger charge is -2.23. The molecule has 7 amide bonds. The van der Waals surface area contributed by atoms with Gasteiger partial charge in [-0.2, -0.15) is 15.2 Å². The predicted molar refractivity (Wildman–Crippen MR) is 480 cm³/mol. The Hall–Kier alpha value is -8.98. The fourth-order valence-corrected chi connectivity index (χ4v) is 17.6. The number of nitriles is 1. The van der Waals surface area contributed by atoms with Crippen molar-refractivity contribution in [2.45, 2.75) is 163 Å². The van der Waals surface area contributed by atoms with Crippen LogP contribution in [0.5, 0.6) is 0 Å². The highest BCUT2D eigenvalue weighted by Crippen LogP contribution is 2.55. The van der Waals surface area contributed by atoms with Gasteiger partial charge in [-0.05, 0) is 47.9 Å². The first-order chi connectivity index (χ1) is 59.8. The molecular weight excluding hydrogens is 1850 g/mol. The van der Waals surface area contributed by atoms with E-state index >= 15 is 0 Å². The number of nitrogens with one attached hydrogen (secondary N) is 7. The zero-order valence-corrected chi connectivity index (χ0v) is 76.8. The van der Waals surface area contributed by atoms with Gasteiger partial charge in [-0.1, -0.05) is 151 Å². The minimum atomic E-state index is -1.93. The Kier molecular flexibility index (Phi) is 48.1. The molecular formula is C73H97N15O28P6S4. The number of aliphatic hydroxyl groups is 2. The maximum atomic E-state index is 13.7. The molecule has 2 aromatic carbocycles. The number of fused-ring (bicyclic) bond motifs is 3. The quantitative estimate of drug-likeness (QED) is 0.0130. The maximum Gasteiger partial charge on any atom is 0.407 e. The van der Waals surface area contributed by atoms with E-state index in [1.54, 1.807) is 6.07 Å². The number of carbonyl (C=O) groups is 13. The Labute approximate surface area is 747 Å². The Morgan fingerprint density at radius 3 is 1.31 bits per heavy atom. The SMILES string of the molecule is CC#N.Nc1nc(=O)n(C2CC(O)C(COP(P)P)O2)cc1C#CCNC(=O)CCSSCCCC(N)C(=O)NC(CC(=O)O)C(=O)NC(CC(=O)O)C(=O)O.Nc1nc(=O)n(C2CC(O)C(COP(P)P)O2)cc1C#CCNC(=O)CCSSCCCC(NC(=O)OCC1c2ccccc2-c2ccccc21)C(=O)NC(CC(=O)O)C(=O)NC(CC(=O)O)C(=O)O. The number of anilines is 2. The topological polar surface area (TPSA) is 686 Å². The third kappa shape index (κ3) is 38.1. The molecule has 1 aliphatic carbocycles. The van der Waals surface area contributed by atoms with Crippen molar-refractivity contribution in [2.24, 2.45) is 5.73 Å². The zero-order valence-electron chi connectivity index (χ0n) is 67.2. The number of hydrogen-bond acceptors (Lipinski definition) is 32. The molecule has 3 aliphatic rings. The van der Waals surface area contributed by atoms with Gasteiger partial charge in [0.1, 0.15) is 73.1 Å². The van der Waals surface area contributed by atoms with E-state index in [-0.39, 0.29) is 112 Å². The van der Waals surface area contributed by atoms with Gasteiger partial charge in [0, 0.05) is 73.9 Å². The van der Waals surface area contributed by atoms with Gasteiger partial charge < -0.3 is 119 Å². The molecule has 0 bridgehead atoms. The summed E-state index contributed by atoms with van der Waals surface area (Å²) in [6.45, 7) is 1.58. The summed E-state index contributed by atoms with van der Waals surface area (Å²) in [4.78, 5) is 190. The molecule has 686 valence electrons. The first kappa shape index (κ1) is 108. The van der Waals surface area contributed by atoms with Crippen molar-refractivity contribution in [1.82, 2.24) is 56.3 Å². The molecule has 53 heteroatoms. The van der Waals surface area contributed by atoms with E-state index in [1.807, 2.05) is 59.2 Å². The summed E-state index contributed by atoms with van der Waals surface area (Å²) in [5.74, 6) is -1.88. The summed E-state index contributed by atoms with van der Waals surface area (Å²) in [5.41, 5.74) is 20.7. The number of rotatable bonds is 47. The monoisotopic (exact) mass is 1950 g/mol. The van der Waals surface area contributed by atoms with E-state index in [0.29, 0.717) is 35.9 Å². The lowest BCUT2D eigenvalue weighted by molar-refractivity contribution is -0.148. The highest BCUT2D eigenvalue weighted by Gasteiger charge is 2.40. The number of amides is 7. The van der Waals surface area contributed by atoms with Crippen LogP contribution in [-0.4, -0.2) is 254 Å².